The maximum atomic E-state index is 13.4. The highest BCUT2D eigenvalue weighted by Gasteiger charge is 2.49. The molecule has 0 radical (unpaired) electrons. The van der Waals surface area contributed by atoms with Gasteiger partial charge in [0, 0.05) is 5.69 Å². The standard InChI is InChI=1S/C26H29FN2O/c1-26-16-19-17-28-29(22-12-10-21(27)11-13-22)24(19)15-20(26)8-5-9-23(26)25(30)14-18-6-3-2-4-7-18/h2-4,6-7,10-13,17,20,23,25,30H,5,8-9,14-16H2,1H3/t20-,23-,25+,26+/m1/s1. The molecule has 1 aromatic heterocycles. The van der Waals surface area contributed by atoms with Crippen LogP contribution in [0.4, 0.5) is 4.39 Å². The molecule has 4 atom stereocenters. The Morgan fingerprint density at radius 2 is 1.90 bits per heavy atom. The van der Waals surface area contributed by atoms with E-state index >= 15 is 0 Å². The van der Waals surface area contributed by atoms with E-state index in [0.717, 1.165) is 37.8 Å². The third kappa shape index (κ3) is 3.37. The zero-order chi connectivity index (χ0) is 20.7. The molecule has 0 saturated heterocycles. The summed E-state index contributed by atoms with van der Waals surface area (Å²) >= 11 is 0. The number of aliphatic hydroxyl groups excluding tert-OH is 1. The van der Waals surface area contributed by atoms with Gasteiger partial charge < -0.3 is 5.11 Å². The van der Waals surface area contributed by atoms with Crippen molar-refractivity contribution in [3.8, 4) is 5.69 Å². The Hall–Kier alpha value is -2.46. The van der Waals surface area contributed by atoms with Crippen molar-refractivity contribution < 1.29 is 9.50 Å². The first-order valence-electron chi connectivity index (χ1n) is 11.1. The van der Waals surface area contributed by atoms with Gasteiger partial charge in [0.2, 0.25) is 0 Å². The third-order valence-electron chi connectivity index (χ3n) is 7.64. The van der Waals surface area contributed by atoms with Crippen molar-refractivity contribution in [3.05, 3.63) is 83.4 Å². The minimum absolute atomic E-state index is 0.0795. The van der Waals surface area contributed by atoms with E-state index in [9.17, 15) is 9.50 Å². The summed E-state index contributed by atoms with van der Waals surface area (Å²) in [7, 11) is 0. The third-order valence-corrected chi connectivity index (χ3v) is 7.64. The van der Waals surface area contributed by atoms with E-state index in [0.29, 0.717) is 11.8 Å². The first-order valence-corrected chi connectivity index (χ1v) is 11.1. The molecule has 1 saturated carbocycles. The molecule has 30 heavy (non-hydrogen) atoms. The summed E-state index contributed by atoms with van der Waals surface area (Å²) in [5, 5.41) is 15.9. The average Bonchev–Trinajstić information content (AvgIpc) is 3.14. The lowest BCUT2D eigenvalue weighted by Gasteiger charge is -2.52. The van der Waals surface area contributed by atoms with Crippen LogP contribution in [0.2, 0.25) is 0 Å². The van der Waals surface area contributed by atoms with Gasteiger partial charge in [0.05, 0.1) is 18.0 Å². The van der Waals surface area contributed by atoms with E-state index < -0.39 is 0 Å². The van der Waals surface area contributed by atoms with Crippen LogP contribution >= 0.6 is 0 Å². The molecule has 4 heteroatoms. The van der Waals surface area contributed by atoms with Crippen molar-refractivity contribution in [2.75, 3.05) is 0 Å². The lowest BCUT2D eigenvalue weighted by molar-refractivity contribution is -0.0468. The van der Waals surface area contributed by atoms with Crippen LogP contribution < -0.4 is 0 Å². The highest BCUT2D eigenvalue weighted by atomic mass is 19.1. The van der Waals surface area contributed by atoms with Gasteiger partial charge in [-0.1, -0.05) is 43.7 Å². The summed E-state index contributed by atoms with van der Waals surface area (Å²) in [6, 6.07) is 16.9. The zero-order valence-corrected chi connectivity index (χ0v) is 17.5. The van der Waals surface area contributed by atoms with E-state index in [-0.39, 0.29) is 17.3 Å². The monoisotopic (exact) mass is 404 g/mol. The molecule has 1 fully saturated rings. The number of aromatic nitrogens is 2. The molecule has 2 aromatic carbocycles. The van der Waals surface area contributed by atoms with Gasteiger partial charge >= 0.3 is 0 Å². The van der Waals surface area contributed by atoms with Crippen LogP contribution in [0.25, 0.3) is 5.69 Å². The first-order chi connectivity index (χ1) is 14.5. The maximum absolute atomic E-state index is 13.4. The van der Waals surface area contributed by atoms with Crippen molar-refractivity contribution in [1.82, 2.24) is 9.78 Å². The van der Waals surface area contributed by atoms with Gasteiger partial charge in [-0.15, -0.1) is 0 Å². The quantitative estimate of drug-likeness (QED) is 0.654. The molecule has 3 aromatic rings. The number of aliphatic hydroxyl groups is 1. The zero-order valence-electron chi connectivity index (χ0n) is 17.5. The van der Waals surface area contributed by atoms with Crippen molar-refractivity contribution in [3.63, 3.8) is 0 Å². The molecule has 156 valence electrons. The van der Waals surface area contributed by atoms with Crippen LogP contribution in [-0.2, 0) is 19.3 Å². The predicted octanol–water partition coefficient (Wildman–Crippen LogP) is 5.14. The van der Waals surface area contributed by atoms with Crippen LogP contribution in [-0.4, -0.2) is 21.0 Å². The molecule has 2 aliphatic carbocycles. The number of hydrogen-bond acceptors (Lipinski definition) is 2. The Morgan fingerprint density at radius 1 is 1.13 bits per heavy atom. The molecule has 0 unspecified atom stereocenters. The Kier molecular flexibility index (Phi) is 4.98. The van der Waals surface area contributed by atoms with Gasteiger partial charge in [0.1, 0.15) is 5.82 Å². The summed E-state index contributed by atoms with van der Waals surface area (Å²) in [4.78, 5) is 0. The topological polar surface area (TPSA) is 38.0 Å². The molecule has 1 heterocycles. The van der Waals surface area contributed by atoms with Gasteiger partial charge in [-0.2, -0.15) is 5.10 Å². The summed E-state index contributed by atoms with van der Waals surface area (Å²) in [6.07, 6.45) is 7.74. The maximum Gasteiger partial charge on any atom is 0.123 e. The minimum atomic E-state index is -0.325. The summed E-state index contributed by atoms with van der Waals surface area (Å²) < 4.78 is 15.3. The molecular formula is C26H29FN2O. The number of hydrogen-bond donors (Lipinski definition) is 1. The van der Waals surface area contributed by atoms with Crippen LogP contribution in [0.1, 0.15) is 43.0 Å². The molecule has 0 spiro atoms. The van der Waals surface area contributed by atoms with Gasteiger partial charge in [-0.05, 0) is 84.7 Å². The molecular weight excluding hydrogens is 375 g/mol. The lowest BCUT2D eigenvalue weighted by Crippen LogP contribution is -2.49. The minimum Gasteiger partial charge on any atom is -0.392 e. The van der Waals surface area contributed by atoms with E-state index in [2.05, 4.69) is 24.2 Å². The SMILES string of the molecule is C[C@]12Cc3cnn(-c4ccc(F)cc4)c3C[C@H]1CCC[C@@H]2[C@@H](O)Cc1ccccc1. The Morgan fingerprint density at radius 3 is 2.67 bits per heavy atom. The largest absolute Gasteiger partial charge is 0.392 e. The summed E-state index contributed by atoms with van der Waals surface area (Å²) in [5.41, 5.74) is 4.73. The van der Waals surface area contributed by atoms with Crippen molar-refractivity contribution in [1.29, 1.82) is 0 Å². The number of benzene rings is 2. The second-order valence-electron chi connectivity index (χ2n) is 9.38. The molecule has 3 nitrogen and oxygen atoms in total. The fraction of sp³-hybridized carbons (Fsp3) is 0.423. The smallest absolute Gasteiger partial charge is 0.123 e. The van der Waals surface area contributed by atoms with E-state index in [1.54, 1.807) is 12.1 Å². The number of rotatable bonds is 4. The van der Waals surface area contributed by atoms with Gasteiger partial charge in [-0.3, -0.25) is 0 Å². The Balaban J connectivity index is 1.43. The Labute approximate surface area is 177 Å². The lowest BCUT2D eigenvalue weighted by atomic mass is 9.54. The number of fused-ring (bicyclic) bond motifs is 2. The highest BCUT2D eigenvalue weighted by molar-refractivity contribution is 5.37. The fourth-order valence-electron chi connectivity index (χ4n) is 6.01. The van der Waals surface area contributed by atoms with E-state index in [4.69, 9.17) is 0 Å². The Bertz CT molecular complexity index is 1010. The average molecular weight is 405 g/mol. The normalized spacial score (nSPS) is 26.6. The first kappa shape index (κ1) is 19.5. The highest BCUT2D eigenvalue weighted by Crippen LogP contribution is 2.53. The van der Waals surface area contributed by atoms with Gasteiger partial charge in [-0.25, -0.2) is 9.07 Å². The molecule has 1 N–H and O–H groups in total. The molecule has 2 aliphatic rings. The number of halogens is 1. The van der Waals surface area contributed by atoms with E-state index in [1.165, 1.54) is 35.4 Å². The van der Waals surface area contributed by atoms with Gasteiger partial charge in [0.25, 0.3) is 0 Å². The molecule has 0 amide bonds. The molecule has 5 rings (SSSR count). The van der Waals surface area contributed by atoms with Crippen molar-refractivity contribution >= 4 is 0 Å². The van der Waals surface area contributed by atoms with Crippen LogP contribution in [0, 0.1) is 23.1 Å². The van der Waals surface area contributed by atoms with Crippen LogP contribution in [0.5, 0.6) is 0 Å². The predicted molar refractivity (Wildman–Crippen MR) is 116 cm³/mol. The second kappa shape index (κ2) is 7.66. The molecule has 0 bridgehead atoms. The number of nitrogens with zero attached hydrogens (tertiary/aromatic N) is 2. The summed E-state index contributed by atoms with van der Waals surface area (Å²) in [5.74, 6) is 0.596. The van der Waals surface area contributed by atoms with Crippen molar-refractivity contribution in [2.24, 2.45) is 17.3 Å². The van der Waals surface area contributed by atoms with Crippen LogP contribution in [0.3, 0.4) is 0 Å². The molecule has 0 aliphatic heterocycles. The van der Waals surface area contributed by atoms with Crippen LogP contribution in [0.15, 0.2) is 60.8 Å². The van der Waals surface area contributed by atoms with E-state index in [1.807, 2.05) is 29.1 Å². The van der Waals surface area contributed by atoms with Crippen molar-refractivity contribution in [2.45, 2.75) is 51.6 Å². The fourth-order valence-corrected chi connectivity index (χ4v) is 6.01. The second-order valence-corrected chi connectivity index (χ2v) is 9.38. The summed E-state index contributed by atoms with van der Waals surface area (Å²) in [6.45, 7) is 2.38. The van der Waals surface area contributed by atoms with Gasteiger partial charge in [0.15, 0.2) is 0 Å².